The molecule has 1 N–H and O–H groups in total. The van der Waals surface area contributed by atoms with Crippen molar-refractivity contribution >= 4 is 27.5 Å². The number of amides is 1. The van der Waals surface area contributed by atoms with Gasteiger partial charge in [0.15, 0.2) is 5.76 Å². The highest BCUT2D eigenvalue weighted by atomic mass is 79.9. The Morgan fingerprint density at radius 3 is 2.44 bits per heavy atom. The van der Waals surface area contributed by atoms with E-state index < -0.39 is 17.6 Å². The summed E-state index contributed by atoms with van der Waals surface area (Å²) in [4.78, 5) is 12.2. The molecule has 1 amide bonds. The molecular weight excluding hydrogens is 427 g/mol. The average molecular weight is 440 g/mol. The lowest BCUT2D eigenvalue weighted by Crippen LogP contribution is -2.16. The number of carbonyl (C=O) groups excluding carboxylic acids is 1. The van der Waals surface area contributed by atoms with E-state index in [0.717, 1.165) is 10.5 Å². The molecule has 0 fully saturated rings. The van der Waals surface area contributed by atoms with Gasteiger partial charge in [-0.3, -0.25) is 4.79 Å². The summed E-state index contributed by atoms with van der Waals surface area (Å²) in [6.45, 7) is 0.0774. The zero-order chi connectivity index (χ0) is 19.4. The summed E-state index contributed by atoms with van der Waals surface area (Å²) >= 11 is 3.32. The van der Waals surface area contributed by atoms with Crippen molar-refractivity contribution in [2.24, 2.45) is 0 Å². The van der Waals surface area contributed by atoms with Crippen molar-refractivity contribution in [2.45, 2.75) is 12.8 Å². The van der Waals surface area contributed by atoms with Crippen LogP contribution in [-0.2, 0) is 12.8 Å². The van der Waals surface area contributed by atoms with E-state index in [4.69, 9.17) is 9.15 Å². The number of furan rings is 1. The molecular formula is C19H13BrF3NO3. The molecule has 0 radical (unpaired) electrons. The zero-order valence-electron chi connectivity index (χ0n) is 13.7. The van der Waals surface area contributed by atoms with Crippen LogP contribution >= 0.6 is 15.9 Å². The van der Waals surface area contributed by atoms with Crippen molar-refractivity contribution < 1.29 is 27.1 Å². The maximum Gasteiger partial charge on any atom is 0.418 e. The molecule has 1 aromatic heterocycles. The first kappa shape index (κ1) is 19.0. The second-order valence-electron chi connectivity index (χ2n) is 5.51. The Bertz CT molecular complexity index is 936. The standard InChI is InChI=1S/C19H13BrF3NO3/c20-12-5-7-13(8-6-12)26-11-14-9-10-17(27-14)18(25)24-16-4-2-1-3-15(16)19(21,22)23/h1-10H,11H2,(H,24,25). The number of halogens is 4. The van der Waals surface area contributed by atoms with E-state index in [1.165, 1.54) is 30.3 Å². The van der Waals surface area contributed by atoms with Crippen molar-refractivity contribution in [1.29, 1.82) is 0 Å². The molecule has 0 aliphatic carbocycles. The molecule has 8 heteroatoms. The van der Waals surface area contributed by atoms with Crippen LogP contribution in [0.5, 0.6) is 5.75 Å². The number of hydrogen-bond donors (Lipinski definition) is 1. The molecule has 0 bridgehead atoms. The fourth-order valence-electron chi connectivity index (χ4n) is 2.29. The van der Waals surface area contributed by atoms with E-state index in [-0.39, 0.29) is 18.1 Å². The van der Waals surface area contributed by atoms with Crippen LogP contribution in [0.1, 0.15) is 21.9 Å². The maximum atomic E-state index is 13.0. The van der Waals surface area contributed by atoms with E-state index in [1.807, 2.05) is 12.1 Å². The quantitative estimate of drug-likeness (QED) is 0.538. The highest BCUT2D eigenvalue weighted by Crippen LogP contribution is 2.34. The van der Waals surface area contributed by atoms with Gasteiger partial charge in [-0.05, 0) is 48.5 Å². The summed E-state index contributed by atoms with van der Waals surface area (Å²) in [6, 6.07) is 14.8. The first-order chi connectivity index (χ1) is 12.8. The minimum atomic E-state index is -4.57. The average Bonchev–Trinajstić information content (AvgIpc) is 3.10. The van der Waals surface area contributed by atoms with E-state index >= 15 is 0 Å². The van der Waals surface area contributed by atoms with Gasteiger partial charge in [-0.1, -0.05) is 28.1 Å². The Labute approximate surface area is 161 Å². The highest BCUT2D eigenvalue weighted by Gasteiger charge is 2.33. The van der Waals surface area contributed by atoms with Gasteiger partial charge < -0.3 is 14.5 Å². The van der Waals surface area contributed by atoms with Gasteiger partial charge in [0.05, 0.1) is 11.3 Å². The lowest BCUT2D eigenvalue weighted by Gasteiger charge is -2.12. The maximum absolute atomic E-state index is 13.0. The van der Waals surface area contributed by atoms with Crippen LogP contribution in [0, 0.1) is 0 Å². The summed E-state index contributed by atoms with van der Waals surface area (Å²) in [7, 11) is 0. The summed E-state index contributed by atoms with van der Waals surface area (Å²) in [6.07, 6.45) is -4.57. The molecule has 0 atom stereocenters. The van der Waals surface area contributed by atoms with Crippen molar-refractivity contribution in [3.63, 3.8) is 0 Å². The van der Waals surface area contributed by atoms with Gasteiger partial charge in [0, 0.05) is 4.47 Å². The first-order valence-electron chi connectivity index (χ1n) is 7.77. The molecule has 2 aromatic carbocycles. The third-order valence-electron chi connectivity index (χ3n) is 3.56. The Kier molecular flexibility index (Phi) is 5.55. The van der Waals surface area contributed by atoms with E-state index in [0.29, 0.717) is 11.5 Å². The summed E-state index contributed by atoms with van der Waals surface area (Å²) in [5.41, 5.74) is -1.26. The van der Waals surface area contributed by atoms with Crippen LogP contribution < -0.4 is 10.1 Å². The van der Waals surface area contributed by atoms with Gasteiger partial charge in [0.25, 0.3) is 5.91 Å². The number of anilines is 1. The fourth-order valence-corrected chi connectivity index (χ4v) is 2.55. The van der Waals surface area contributed by atoms with E-state index in [1.54, 1.807) is 12.1 Å². The molecule has 3 aromatic rings. The van der Waals surface area contributed by atoms with Crippen molar-refractivity contribution in [3.05, 3.63) is 82.2 Å². The Morgan fingerprint density at radius 1 is 1.04 bits per heavy atom. The SMILES string of the molecule is O=C(Nc1ccccc1C(F)(F)F)c1ccc(COc2ccc(Br)cc2)o1. The Balaban J connectivity index is 1.66. The molecule has 0 saturated heterocycles. The van der Waals surface area contributed by atoms with Gasteiger partial charge in [-0.15, -0.1) is 0 Å². The Hall–Kier alpha value is -2.74. The minimum Gasteiger partial charge on any atom is -0.486 e. The monoisotopic (exact) mass is 439 g/mol. The van der Waals surface area contributed by atoms with Crippen LogP contribution in [0.4, 0.5) is 18.9 Å². The molecule has 0 unspecified atom stereocenters. The summed E-state index contributed by atoms with van der Waals surface area (Å²) in [5.74, 6) is 0.0925. The third-order valence-corrected chi connectivity index (χ3v) is 4.09. The fraction of sp³-hybridized carbons (Fsp3) is 0.105. The second kappa shape index (κ2) is 7.87. The van der Waals surface area contributed by atoms with Gasteiger partial charge in [0.1, 0.15) is 18.1 Å². The number of hydrogen-bond acceptors (Lipinski definition) is 3. The third kappa shape index (κ3) is 4.91. The highest BCUT2D eigenvalue weighted by molar-refractivity contribution is 9.10. The largest absolute Gasteiger partial charge is 0.486 e. The second-order valence-corrected chi connectivity index (χ2v) is 6.42. The number of nitrogens with one attached hydrogen (secondary N) is 1. The van der Waals surface area contributed by atoms with Gasteiger partial charge in [0.2, 0.25) is 0 Å². The molecule has 0 spiro atoms. The molecule has 140 valence electrons. The molecule has 0 aliphatic heterocycles. The van der Waals surface area contributed by atoms with Crippen LogP contribution in [0.2, 0.25) is 0 Å². The van der Waals surface area contributed by atoms with E-state index in [2.05, 4.69) is 21.2 Å². The zero-order valence-corrected chi connectivity index (χ0v) is 15.3. The lowest BCUT2D eigenvalue weighted by atomic mass is 10.1. The smallest absolute Gasteiger partial charge is 0.418 e. The summed E-state index contributed by atoms with van der Waals surface area (Å²) in [5, 5.41) is 2.23. The molecule has 3 rings (SSSR count). The first-order valence-corrected chi connectivity index (χ1v) is 8.57. The number of carbonyl (C=O) groups is 1. The number of para-hydroxylation sites is 1. The topological polar surface area (TPSA) is 51.5 Å². The molecule has 0 saturated carbocycles. The predicted octanol–water partition coefficient (Wildman–Crippen LogP) is 5.89. The van der Waals surface area contributed by atoms with Crippen LogP contribution in [0.15, 0.2) is 69.6 Å². The van der Waals surface area contributed by atoms with Gasteiger partial charge in [-0.25, -0.2) is 0 Å². The number of alkyl halides is 3. The summed E-state index contributed by atoms with van der Waals surface area (Å²) < 4.78 is 50.8. The predicted molar refractivity (Wildman–Crippen MR) is 96.6 cm³/mol. The van der Waals surface area contributed by atoms with Crippen molar-refractivity contribution in [1.82, 2.24) is 0 Å². The molecule has 1 heterocycles. The minimum absolute atomic E-state index is 0.0774. The van der Waals surface area contributed by atoms with E-state index in [9.17, 15) is 18.0 Å². The van der Waals surface area contributed by atoms with Crippen molar-refractivity contribution in [2.75, 3.05) is 5.32 Å². The van der Waals surface area contributed by atoms with Crippen LogP contribution in [0.25, 0.3) is 0 Å². The van der Waals surface area contributed by atoms with Crippen LogP contribution in [0.3, 0.4) is 0 Å². The number of benzene rings is 2. The van der Waals surface area contributed by atoms with Gasteiger partial charge in [-0.2, -0.15) is 13.2 Å². The molecule has 0 aliphatic rings. The molecule has 27 heavy (non-hydrogen) atoms. The number of rotatable bonds is 5. The normalized spacial score (nSPS) is 11.3. The number of ether oxygens (including phenoxy) is 1. The Morgan fingerprint density at radius 2 is 1.74 bits per heavy atom. The van der Waals surface area contributed by atoms with Gasteiger partial charge >= 0.3 is 6.18 Å². The van der Waals surface area contributed by atoms with Crippen LogP contribution in [-0.4, -0.2) is 5.91 Å². The van der Waals surface area contributed by atoms with Crippen molar-refractivity contribution in [3.8, 4) is 5.75 Å². The molecule has 4 nitrogen and oxygen atoms in total. The lowest BCUT2D eigenvalue weighted by molar-refractivity contribution is -0.136.